The number of anilines is 4. The maximum atomic E-state index is 6.03. The Labute approximate surface area is 311 Å². The Hall–Kier alpha value is -7.04. The van der Waals surface area contributed by atoms with Crippen LogP contribution in [0.15, 0.2) is 194 Å². The molecule has 4 nitrogen and oxygen atoms in total. The van der Waals surface area contributed by atoms with Gasteiger partial charge in [-0.1, -0.05) is 146 Å². The highest BCUT2D eigenvalue weighted by Gasteiger charge is 2.38. The SMILES string of the molecule is Nc1ccc(-c2ccc(C(c3ccc(-c4ccc(N)cc4)cc3)(c3ccc(-c4ccc(N)cc4)cc3)c3ccc(-c4ccc(N)cc4)cc3)cc2)cc1. The van der Waals surface area contributed by atoms with Gasteiger partial charge in [0.1, 0.15) is 0 Å². The van der Waals surface area contributed by atoms with Crippen molar-refractivity contribution in [3.05, 3.63) is 216 Å². The third-order valence-corrected chi connectivity index (χ3v) is 10.2. The third kappa shape index (κ3) is 6.50. The Kier molecular flexibility index (Phi) is 8.71. The molecule has 0 aliphatic rings. The van der Waals surface area contributed by atoms with Crippen molar-refractivity contribution >= 4 is 22.7 Å². The summed E-state index contributed by atoms with van der Waals surface area (Å²) in [7, 11) is 0. The smallest absolute Gasteiger partial charge is 0.0701 e. The molecule has 8 rings (SSSR count). The highest BCUT2D eigenvalue weighted by molar-refractivity contribution is 5.73. The summed E-state index contributed by atoms with van der Waals surface area (Å²) in [5.41, 5.74) is 40.0. The zero-order valence-electron chi connectivity index (χ0n) is 29.3. The van der Waals surface area contributed by atoms with Crippen molar-refractivity contribution in [2.24, 2.45) is 0 Å². The molecule has 4 heteroatoms. The summed E-state index contributed by atoms with van der Waals surface area (Å²) in [4.78, 5) is 0. The van der Waals surface area contributed by atoms with Crippen LogP contribution in [0.4, 0.5) is 22.7 Å². The molecular weight excluding hydrogens is 645 g/mol. The molecule has 0 aromatic heterocycles. The van der Waals surface area contributed by atoms with Crippen molar-refractivity contribution < 1.29 is 0 Å². The van der Waals surface area contributed by atoms with Gasteiger partial charge in [-0.3, -0.25) is 0 Å². The molecule has 0 fully saturated rings. The molecule has 256 valence electrons. The first-order chi connectivity index (χ1) is 25.9. The van der Waals surface area contributed by atoms with E-state index in [9.17, 15) is 0 Å². The van der Waals surface area contributed by atoms with Crippen LogP contribution >= 0.6 is 0 Å². The molecule has 0 saturated carbocycles. The minimum Gasteiger partial charge on any atom is -0.399 e. The third-order valence-electron chi connectivity index (χ3n) is 10.2. The summed E-state index contributed by atoms with van der Waals surface area (Å²) in [5, 5.41) is 0. The number of benzene rings is 8. The van der Waals surface area contributed by atoms with Crippen molar-refractivity contribution in [3.63, 3.8) is 0 Å². The van der Waals surface area contributed by atoms with Gasteiger partial charge < -0.3 is 22.9 Å². The van der Waals surface area contributed by atoms with Crippen molar-refractivity contribution in [2.45, 2.75) is 5.41 Å². The average Bonchev–Trinajstić information content (AvgIpc) is 3.20. The highest BCUT2D eigenvalue weighted by Crippen LogP contribution is 2.47. The van der Waals surface area contributed by atoms with Gasteiger partial charge in [-0.25, -0.2) is 0 Å². The van der Waals surface area contributed by atoms with Crippen LogP contribution in [0.25, 0.3) is 44.5 Å². The second-order valence-corrected chi connectivity index (χ2v) is 13.5. The van der Waals surface area contributed by atoms with Gasteiger partial charge in [-0.2, -0.15) is 0 Å². The van der Waals surface area contributed by atoms with Crippen molar-refractivity contribution in [1.82, 2.24) is 0 Å². The van der Waals surface area contributed by atoms with Gasteiger partial charge in [0, 0.05) is 22.7 Å². The summed E-state index contributed by atoms with van der Waals surface area (Å²) >= 11 is 0. The van der Waals surface area contributed by atoms with Crippen molar-refractivity contribution in [3.8, 4) is 44.5 Å². The Morgan fingerprint density at radius 2 is 0.321 bits per heavy atom. The number of hydrogen-bond donors (Lipinski definition) is 4. The summed E-state index contributed by atoms with van der Waals surface area (Å²) in [6.45, 7) is 0. The van der Waals surface area contributed by atoms with Gasteiger partial charge in [0.05, 0.1) is 5.41 Å². The van der Waals surface area contributed by atoms with Gasteiger partial charge in [0.2, 0.25) is 0 Å². The van der Waals surface area contributed by atoms with E-state index in [0.29, 0.717) is 0 Å². The van der Waals surface area contributed by atoms with Crippen LogP contribution in [0.5, 0.6) is 0 Å². The molecule has 0 spiro atoms. The average molecular weight is 685 g/mol. The van der Waals surface area contributed by atoms with Gasteiger partial charge >= 0.3 is 0 Å². The first-order valence-electron chi connectivity index (χ1n) is 17.7. The van der Waals surface area contributed by atoms with Gasteiger partial charge in [0.25, 0.3) is 0 Å². The minimum absolute atomic E-state index is 0.668. The quantitative estimate of drug-likeness (QED) is 0.0944. The zero-order valence-corrected chi connectivity index (χ0v) is 29.3. The molecule has 0 heterocycles. The first-order valence-corrected chi connectivity index (χ1v) is 17.7. The lowest BCUT2D eigenvalue weighted by atomic mass is 9.64. The van der Waals surface area contributed by atoms with Gasteiger partial charge in [-0.05, 0) is 115 Å². The van der Waals surface area contributed by atoms with Crippen molar-refractivity contribution in [2.75, 3.05) is 22.9 Å². The first kappa shape index (κ1) is 33.1. The topological polar surface area (TPSA) is 104 Å². The maximum absolute atomic E-state index is 6.03. The maximum Gasteiger partial charge on any atom is 0.0701 e. The van der Waals surface area contributed by atoms with E-state index in [4.69, 9.17) is 22.9 Å². The summed E-state index contributed by atoms with van der Waals surface area (Å²) in [6.07, 6.45) is 0. The van der Waals surface area contributed by atoms with E-state index >= 15 is 0 Å². The predicted octanol–water partition coefficient (Wildman–Crippen LogP) is 11.1. The molecule has 0 aliphatic carbocycles. The van der Waals surface area contributed by atoms with Gasteiger partial charge in [-0.15, -0.1) is 0 Å². The van der Waals surface area contributed by atoms with Crippen LogP contribution in [0.1, 0.15) is 22.3 Å². The number of hydrogen-bond acceptors (Lipinski definition) is 4. The molecule has 0 aliphatic heterocycles. The Morgan fingerprint density at radius 1 is 0.189 bits per heavy atom. The fourth-order valence-corrected chi connectivity index (χ4v) is 7.35. The standard InChI is InChI=1S/C49H40N4/c50-45-25-9-37(10-26-45)33-1-17-41(18-2-33)49(42-19-3-34(4-20-42)38-11-27-46(51)28-12-38,43-21-5-35(6-22-43)39-13-29-47(52)30-14-39)44-23-7-36(8-24-44)40-15-31-48(53)32-16-40/h1-32H,50-53H2. The second-order valence-electron chi connectivity index (χ2n) is 13.5. The Morgan fingerprint density at radius 3 is 0.472 bits per heavy atom. The molecule has 0 unspecified atom stereocenters. The van der Waals surface area contributed by atoms with Crippen LogP contribution in [0, 0.1) is 0 Å². The fraction of sp³-hybridized carbons (Fsp3) is 0.0204. The number of rotatable bonds is 8. The lowest BCUT2D eigenvalue weighted by Crippen LogP contribution is -2.31. The molecule has 0 saturated heterocycles. The van der Waals surface area contributed by atoms with Crippen LogP contribution in [-0.2, 0) is 5.41 Å². The van der Waals surface area contributed by atoms with E-state index in [1.54, 1.807) is 0 Å². The van der Waals surface area contributed by atoms with E-state index in [-0.39, 0.29) is 0 Å². The number of nitrogen functional groups attached to an aromatic ring is 4. The van der Waals surface area contributed by atoms with E-state index in [1.165, 1.54) is 0 Å². The van der Waals surface area contributed by atoms with E-state index in [1.807, 2.05) is 48.5 Å². The molecular formula is C49H40N4. The van der Waals surface area contributed by atoms with Crippen LogP contribution in [-0.4, -0.2) is 0 Å². The monoisotopic (exact) mass is 684 g/mol. The van der Waals surface area contributed by atoms with E-state index in [0.717, 1.165) is 89.5 Å². The molecule has 0 bridgehead atoms. The summed E-state index contributed by atoms with van der Waals surface area (Å²) in [5.74, 6) is 0. The van der Waals surface area contributed by atoms with Crippen molar-refractivity contribution in [1.29, 1.82) is 0 Å². The number of nitrogens with two attached hydrogens (primary N) is 4. The van der Waals surface area contributed by atoms with E-state index in [2.05, 4.69) is 146 Å². The molecule has 8 N–H and O–H groups in total. The lowest BCUT2D eigenvalue weighted by Gasteiger charge is -2.37. The minimum atomic E-state index is -0.668. The lowest BCUT2D eigenvalue weighted by molar-refractivity contribution is 0.745. The molecule has 0 amide bonds. The summed E-state index contributed by atoms with van der Waals surface area (Å²) in [6, 6.07) is 67.9. The van der Waals surface area contributed by atoms with Crippen LogP contribution < -0.4 is 22.9 Å². The molecule has 8 aromatic carbocycles. The largest absolute Gasteiger partial charge is 0.399 e. The fourth-order valence-electron chi connectivity index (χ4n) is 7.35. The normalized spacial score (nSPS) is 11.3. The Bertz CT molecular complexity index is 2090. The van der Waals surface area contributed by atoms with E-state index < -0.39 is 5.41 Å². The molecule has 8 aromatic rings. The van der Waals surface area contributed by atoms with Crippen LogP contribution in [0.2, 0.25) is 0 Å². The second kappa shape index (κ2) is 13.9. The molecule has 0 atom stereocenters. The van der Waals surface area contributed by atoms with Crippen LogP contribution in [0.3, 0.4) is 0 Å². The molecule has 53 heavy (non-hydrogen) atoms. The predicted molar refractivity (Wildman–Crippen MR) is 224 cm³/mol. The van der Waals surface area contributed by atoms with Gasteiger partial charge in [0.15, 0.2) is 0 Å². The zero-order chi connectivity index (χ0) is 36.4. The highest BCUT2D eigenvalue weighted by atomic mass is 14.5. The summed E-state index contributed by atoms with van der Waals surface area (Å²) < 4.78 is 0. The Balaban J connectivity index is 1.33. The molecule has 0 radical (unpaired) electrons.